The lowest BCUT2D eigenvalue weighted by atomic mass is 10.1. The Kier molecular flexibility index (Phi) is 4.76. The molecule has 0 bridgehead atoms. The monoisotopic (exact) mass is 311 g/mol. The number of rotatable bonds is 3. The molecule has 2 rings (SSSR count). The number of nitrogens with two attached hydrogens (primary N) is 1. The molecular weight excluding hydrogens is 290 g/mol. The standard InChI is InChI=1S/C15H22ClN3O2/c1-10(19-6-7-21-15(2,3)9-19)14(20)18-13-5-4-11(17)8-12(13)16/h4-5,8,10H,6-7,9,17H2,1-3H3,(H,18,20). The number of carbonyl (C=O) groups excluding carboxylic acids is 1. The molecule has 1 fully saturated rings. The molecule has 1 unspecified atom stereocenters. The van der Waals surface area contributed by atoms with Gasteiger partial charge in [-0.3, -0.25) is 9.69 Å². The van der Waals surface area contributed by atoms with Crippen molar-refractivity contribution < 1.29 is 9.53 Å². The van der Waals surface area contributed by atoms with Crippen molar-refractivity contribution in [2.75, 3.05) is 30.7 Å². The van der Waals surface area contributed by atoms with Crippen molar-refractivity contribution in [1.82, 2.24) is 4.90 Å². The van der Waals surface area contributed by atoms with E-state index in [1.54, 1.807) is 18.2 Å². The minimum Gasteiger partial charge on any atom is -0.399 e. The molecule has 21 heavy (non-hydrogen) atoms. The number of anilines is 2. The summed E-state index contributed by atoms with van der Waals surface area (Å²) in [4.78, 5) is 14.5. The van der Waals surface area contributed by atoms with Crippen LogP contribution < -0.4 is 11.1 Å². The fourth-order valence-electron chi connectivity index (χ4n) is 2.42. The lowest BCUT2D eigenvalue weighted by Crippen LogP contribution is -2.54. The van der Waals surface area contributed by atoms with E-state index in [1.807, 2.05) is 20.8 Å². The second-order valence-electron chi connectivity index (χ2n) is 5.98. The topological polar surface area (TPSA) is 67.6 Å². The fourth-order valence-corrected chi connectivity index (χ4v) is 2.66. The van der Waals surface area contributed by atoms with Gasteiger partial charge in [0.05, 0.1) is 29.0 Å². The number of amides is 1. The van der Waals surface area contributed by atoms with Gasteiger partial charge in [0.1, 0.15) is 0 Å². The Morgan fingerprint density at radius 3 is 2.86 bits per heavy atom. The van der Waals surface area contributed by atoms with Crippen LogP contribution in [0.1, 0.15) is 20.8 Å². The van der Waals surface area contributed by atoms with Crippen molar-refractivity contribution in [1.29, 1.82) is 0 Å². The predicted octanol–water partition coefficient (Wildman–Crippen LogP) is 2.36. The van der Waals surface area contributed by atoms with E-state index in [-0.39, 0.29) is 17.6 Å². The molecule has 0 radical (unpaired) electrons. The van der Waals surface area contributed by atoms with E-state index in [0.29, 0.717) is 23.0 Å². The normalized spacial score (nSPS) is 20.0. The van der Waals surface area contributed by atoms with Gasteiger partial charge in [0.2, 0.25) is 5.91 Å². The number of ether oxygens (including phenoxy) is 1. The average molecular weight is 312 g/mol. The van der Waals surface area contributed by atoms with Crippen LogP contribution in [0.3, 0.4) is 0 Å². The van der Waals surface area contributed by atoms with Gasteiger partial charge in [0, 0.05) is 18.8 Å². The largest absolute Gasteiger partial charge is 0.399 e. The van der Waals surface area contributed by atoms with Gasteiger partial charge in [-0.15, -0.1) is 0 Å². The highest BCUT2D eigenvalue weighted by Crippen LogP contribution is 2.25. The summed E-state index contributed by atoms with van der Waals surface area (Å²) in [6.45, 7) is 8.04. The van der Waals surface area contributed by atoms with Crippen LogP contribution in [-0.2, 0) is 9.53 Å². The minimum absolute atomic E-state index is 0.0839. The smallest absolute Gasteiger partial charge is 0.241 e. The SMILES string of the molecule is CC(C(=O)Nc1ccc(N)cc1Cl)N1CCOC(C)(C)C1. The molecule has 1 amide bonds. The summed E-state index contributed by atoms with van der Waals surface area (Å²) in [5, 5.41) is 3.30. The molecule has 3 N–H and O–H groups in total. The third-order valence-corrected chi connectivity index (χ3v) is 3.95. The molecule has 116 valence electrons. The Balaban J connectivity index is 2.02. The van der Waals surface area contributed by atoms with E-state index in [1.165, 1.54) is 0 Å². The Morgan fingerprint density at radius 2 is 2.24 bits per heavy atom. The van der Waals surface area contributed by atoms with Gasteiger partial charge in [-0.2, -0.15) is 0 Å². The summed E-state index contributed by atoms with van der Waals surface area (Å²) < 4.78 is 5.67. The first kappa shape index (κ1) is 16.1. The summed E-state index contributed by atoms with van der Waals surface area (Å²) in [7, 11) is 0. The van der Waals surface area contributed by atoms with E-state index in [2.05, 4.69) is 10.2 Å². The average Bonchev–Trinajstić information content (AvgIpc) is 2.40. The summed E-state index contributed by atoms with van der Waals surface area (Å²) in [5.74, 6) is -0.0839. The van der Waals surface area contributed by atoms with Crippen molar-refractivity contribution in [3.05, 3.63) is 23.2 Å². The van der Waals surface area contributed by atoms with Crippen molar-refractivity contribution in [3.63, 3.8) is 0 Å². The molecule has 0 spiro atoms. The zero-order chi connectivity index (χ0) is 15.6. The van der Waals surface area contributed by atoms with Crippen molar-refractivity contribution in [2.24, 2.45) is 0 Å². The number of morpholine rings is 1. The second kappa shape index (κ2) is 6.22. The maximum atomic E-state index is 12.4. The lowest BCUT2D eigenvalue weighted by Gasteiger charge is -2.40. The number of nitrogen functional groups attached to an aromatic ring is 1. The van der Waals surface area contributed by atoms with Crippen LogP contribution in [0, 0.1) is 0 Å². The number of hydrogen-bond acceptors (Lipinski definition) is 4. The number of nitrogens with zero attached hydrogens (tertiary/aromatic N) is 1. The predicted molar refractivity (Wildman–Crippen MR) is 85.6 cm³/mol. The maximum Gasteiger partial charge on any atom is 0.241 e. The van der Waals surface area contributed by atoms with Crippen LogP contribution in [0.15, 0.2) is 18.2 Å². The summed E-state index contributed by atoms with van der Waals surface area (Å²) in [6, 6.07) is 4.80. The zero-order valence-corrected chi connectivity index (χ0v) is 13.4. The number of carbonyl (C=O) groups is 1. The first-order chi connectivity index (χ1) is 9.78. The second-order valence-corrected chi connectivity index (χ2v) is 6.39. The number of nitrogens with one attached hydrogen (secondary N) is 1. The first-order valence-corrected chi connectivity index (χ1v) is 7.40. The van der Waals surface area contributed by atoms with Crippen LogP contribution in [-0.4, -0.2) is 42.1 Å². The molecule has 5 nitrogen and oxygen atoms in total. The van der Waals surface area contributed by atoms with Crippen LogP contribution in [0.25, 0.3) is 0 Å². The molecule has 1 aromatic rings. The quantitative estimate of drug-likeness (QED) is 0.841. The molecule has 1 saturated heterocycles. The van der Waals surface area contributed by atoms with Crippen LogP contribution in [0.2, 0.25) is 5.02 Å². The molecular formula is C15H22ClN3O2. The van der Waals surface area contributed by atoms with E-state index in [0.717, 1.165) is 13.1 Å². The van der Waals surface area contributed by atoms with Gasteiger partial charge in [-0.1, -0.05) is 11.6 Å². The molecule has 1 aliphatic heterocycles. The van der Waals surface area contributed by atoms with Crippen LogP contribution in [0.5, 0.6) is 0 Å². The Labute approximate surface area is 130 Å². The Hall–Kier alpha value is -1.30. The fraction of sp³-hybridized carbons (Fsp3) is 0.533. The van der Waals surface area contributed by atoms with E-state index in [4.69, 9.17) is 22.1 Å². The van der Waals surface area contributed by atoms with Gasteiger partial charge in [-0.05, 0) is 39.0 Å². The highest BCUT2D eigenvalue weighted by Gasteiger charge is 2.32. The molecule has 0 aromatic heterocycles. The summed E-state index contributed by atoms with van der Waals surface area (Å²) in [5.41, 5.74) is 6.56. The molecule has 6 heteroatoms. The van der Waals surface area contributed by atoms with Gasteiger partial charge in [-0.25, -0.2) is 0 Å². The number of benzene rings is 1. The molecule has 1 aromatic carbocycles. The summed E-state index contributed by atoms with van der Waals surface area (Å²) in [6.07, 6.45) is 0. The van der Waals surface area contributed by atoms with Crippen LogP contribution >= 0.6 is 11.6 Å². The minimum atomic E-state index is -0.248. The molecule has 1 atom stereocenters. The third kappa shape index (κ3) is 4.09. The van der Waals surface area contributed by atoms with Crippen LogP contribution in [0.4, 0.5) is 11.4 Å². The highest BCUT2D eigenvalue weighted by atomic mass is 35.5. The van der Waals surface area contributed by atoms with Gasteiger partial charge >= 0.3 is 0 Å². The molecule has 1 heterocycles. The van der Waals surface area contributed by atoms with Gasteiger partial charge in [0.25, 0.3) is 0 Å². The molecule has 0 saturated carbocycles. The maximum absolute atomic E-state index is 12.4. The lowest BCUT2D eigenvalue weighted by molar-refractivity contribution is -0.129. The van der Waals surface area contributed by atoms with E-state index in [9.17, 15) is 4.79 Å². The highest BCUT2D eigenvalue weighted by molar-refractivity contribution is 6.34. The van der Waals surface area contributed by atoms with E-state index >= 15 is 0 Å². The Morgan fingerprint density at radius 1 is 1.52 bits per heavy atom. The van der Waals surface area contributed by atoms with Crippen molar-refractivity contribution >= 4 is 28.9 Å². The number of halogens is 1. The van der Waals surface area contributed by atoms with Gasteiger partial charge in [0.15, 0.2) is 0 Å². The van der Waals surface area contributed by atoms with E-state index < -0.39 is 0 Å². The molecule has 1 aliphatic rings. The number of hydrogen-bond donors (Lipinski definition) is 2. The first-order valence-electron chi connectivity index (χ1n) is 7.02. The third-order valence-electron chi connectivity index (χ3n) is 3.63. The van der Waals surface area contributed by atoms with Crippen molar-refractivity contribution in [2.45, 2.75) is 32.4 Å². The van der Waals surface area contributed by atoms with Crippen molar-refractivity contribution in [3.8, 4) is 0 Å². The zero-order valence-electron chi connectivity index (χ0n) is 12.6. The molecule has 0 aliphatic carbocycles. The summed E-state index contributed by atoms with van der Waals surface area (Å²) >= 11 is 6.08. The Bertz CT molecular complexity index is 534. The van der Waals surface area contributed by atoms with Gasteiger partial charge < -0.3 is 15.8 Å².